The van der Waals surface area contributed by atoms with E-state index >= 15 is 0 Å². The zero-order chi connectivity index (χ0) is 17.8. The van der Waals surface area contributed by atoms with Crippen LogP contribution in [-0.4, -0.2) is 34.6 Å². The quantitative estimate of drug-likeness (QED) is 0.863. The average molecular weight is 357 g/mol. The first kappa shape index (κ1) is 16.7. The number of nitrogens with zero attached hydrogens (tertiary/aromatic N) is 2. The summed E-state index contributed by atoms with van der Waals surface area (Å²) >= 11 is 0. The van der Waals surface area contributed by atoms with Gasteiger partial charge >= 0.3 is 6.09 Å². The molecule has 2 atom stereocenters. The van der Waals surface area contributed by atoms with E-state index in [-0.39, 0.29) is 37.2 Å². The number of nitrogens with one attached hydrogen (secondary N) is 1. The topological polar surface area (TPSA) is 56.2 Å². The maximum Gasteiger partial charge on any atom is 0.412 e. The highest BCUT2D eigenvalue weighted by Gasteiger charge is 2.49. The van der Waals surface area contributed by atoms with Gasteiger partial charge in [-0.05, 0) is 25.2 Å². The van der Waals surface area contributed by atoms with Crippen molar-refractivity contribution in [2.45, 2.75) is 62.5 Å². The maximum atomic E-state index is 13.3. The van der Waals surface area contributed by atoms with Crippen LogP contribution in [0.3, 0.4) is 0 Å². The van der Waals surface area contributed by atoms with Crippen LogP contribution in [0.25, 0.3) is 0 Å². The van der Waals surface area contributed by atoms with E-state index in [4.69, 9.17) is 4.74 Å². The van der Waals surface area contributed by atoms with Crippen molar-refractivity contribution in [3.05, 3.63) is 11.3 Å². The monoisotopic (exact) mass is 357 g/mol. The second kappa shape index (κ2) is 5.92. The third-order valence-corrected chi connectivity index (χ3v) is 5.59. The van der Waals surface area contributed by atoms with Gasteiger partial charge in [-0.2, -0.15) is 5.10 Å². The van der Waals surface area contributed by atoms with Crippen molar-refractivity contribution in [1.82, 2.24) is 9.78 Å². The number of rotatable bonds is 5. The first-order valence-corrected chi connectivity index (χ1v) is 8.86. The molecule has 0 unspecified atom stereocenters. The Bertz CT molecular complexity index is 679. The minimum absolute atomic E-state index is 0.0608. The Kier molecular flexibility index (Phi) is 3.96. The van der Waals surface area contributed by atoms with Crippen molar-refractivity contribution in [3.63, 3.8) is 0 Å². The Labute approximate surface area is 143 Å². The van der Waals surface area contributed by atoms with Crippen molar-refractivity contribution in [3.8, 4) is 0 Å². The van der Waals surface area contributed by atoms with Crippen LogP contribution in [0, 0.1) is 5.92 Å². The largest absolute Gasteiger partial charge is 0.449 e. The second-order valence-electron chi connectivity index (χ2n) is 7.60. The summed E-state index contributed by atoms with van der Waals surface area (Å²) in [4.78, 5) is 12.0. The number of anilines is 1. The molecule has 1 heterocycles. The number of hydrogen-bond acceptors (Lipinski definition) is 3. The highest BCUT2D eigenvalue weighted by Crippen LogP contribution is 2.52. The SMILES string of the molecule is Cn1nc(C2CC(F)(F)C2)c(C2CCC2)c1NC(=O)OC[C@H]1C[C@@H]1F. The molecule has 8 heteroatoms. The molecular formula is C17H22F3N3O2. The van der Waals surface area contributed by atoms with Crippen molar-refractivity contribution in [2.24, 2.45) is 13.0 Å². The van der Waals surface area contributed by atoms with Crippen LogP contribution in [0.4, 0.5) is 23.8 Å². The van der Waals surface area contributed by atoms with Gasteiger partial charge in [-0.1, -0.05) is 6.42 Å². The van der Waals surface area contributed by atoms with Crippen molar-refractivity contribution in [1.29, 1.82) is 0 Å². The van der Waals surface area contributed by atoms with Crippen LogP contribution in [0.5, 0.6) is 0 Å². The van der Waals surface area contributed by atoms with E-state index in [1.165, 1.54) is 4.68 Å². The Morgan fingerprint density at radius 1 is 1.36 bits per heavy atom. The number of aryl methyl sites for hydroxylation is 1. The number of hydrogen-bond donors (Lipinski definition) is 1. The average Bonchev–Trinajstić information content (AvgIpc) is 3.09. The van der Waals surface area contributed by atoms with Crippen LogP contribution in [0.1, 0.15) is 61.6 Å². The first-order chi connectivity index (χ1) is 11.8. The fourth-order valence-electron chi connectivity index (χ4n) is 3.66. The molecule has 0 spiro atoms. The molecule has 0 aliphatic heterocycles. The molecule has 0 bridgehead atoms. The lowest BCUT2D eigenvalue weighted by molar-refractivity contribution is -0.0879. The van der Waals surface area contributed by atoms with Gasteiger partial charge in [-0.25, -0.2) is 18.0 Å². The van der Waals surface area contributed by atoms with Gasteiger partial charge in [0.1, 0.15) is 12.0 Å². The number of carbonyl (C=O) groups is 1. The van der Waals surface area contributed by atoms with Gasteiger partial charge in [-0.3, -0.25) is 10.00 Å². The van der Waals surface area contributed by atoms with E-state index in [1.807, 2.05) is 0 Å². The highest BCUT2D eigenvalue weighted by molar-refractivity contribution is 5.85. The molecule has 3 aliphatic rings. The number of ether oxygens (including phenoxy) is 1. The predicted molar refractivity (Wildman–Crippen MR) is 84.7 cm³/mol. The predicted octanol–water partition coefficient (Wildman–Crippen LogP) is 4.11. The summed E-state index contributed by atoms with van der Waals surface area (Å²) in [6, 6.07) is 0. The number of halogens is 3. The Morgan fingerprint density at radius 3 is 2.56 bits per heavy atom. The third kappa shape index (κ3) is 3.22. The van der Waals surface area contributed by atoms with Crippen LogP contribution >= 0.6 is 0 Å². The Hall–Kier alpha value is -1.73. The van der Waals surface area contributed by atoms with Gasteiger partial charge in [0.15, 0.2) is 0 Å². The van der Waals surface area contributed by atoms with Crippen molar-refractivity contribution < 1.29 is 22.7 Å². The maximum absolute atomic E-state index is 13.3. The number of carbonyl (C=O) groups excluding carboxylic acids is 1. The second-order valence-corrected chi connectivity index (χ2v) is 7.60. The molecule has 1 aromatic heterocycles. The summed E-state index contributed by atoms with van der Waals surface area (Å²) in [5.41, 5.74) is 1.56. The summed E-state index contributed by atoms with van der Waals surface area (Å²) in [6.45, 7) is 0.0608. The summed E-state index contributed by atoms with van der Waals surface area (Å²) in [5, 5.41) is 7.13. The molecule has 4 rings (SSSR count). The standard InChI is InChI=1S/C17H22F3N3O2/c1-23-15(21-16(24)25-8-10-5-12(10)18)13(9-3-2-4-9)14(22-23)11-6-17(19,20)7-11/h9-12H,2-8H2,1H3,(H,21,24)/t10-,12+/m1/s1. The van der Waals surface area contributed by atoms with Gasteiger partial charge in [0, 0.05) is 37.3 Å². The lowest BCUT2D eigenvalue weighted by atomic mass is 9.73. The highest BCUT2D eigenvalue weighted by atomic mass is 19.3. The molecule has 0 aromatic carbocycles. The summed E-state index contributed by atoms with van der Waals surface area (Å²) in [6.07, 6.45) is 1.57. The first-order valence-electron chi connectivity index (χ1n) is 8.86. The van der Waals surface area contributed by atoms with Gasteiger partial charge in [-0.15, -0.1) is 0 Å². The van der Waals surface area contributed by atoms with Crippen LogP contribution in [0.15, 0.2) is 0 Å². The minimum atomic E-state index is -2.61. The van der Waals surface area contributed by atoms with E-state index in [0.717, 1.165) is 24.8 Å². The Balaban J connectivity index is 1.50. The molecule has 1 amide bonds. The van der Waals surface area contributed by atoms with E-state index in [2.05, 4.69) is 10.4 Å². The number of alkyl halides is 3. The molecule has 25 heavy (non-hydrogen) atoms. The molecule has 5 nitrogen and oxygen atoms in total. The van der Waals surface area contributed by atoms with Gasteiger partial charge in [0.25, 0.3) is 0 Å². The van der Waals surface area contributed by atoms with Crippen LogP contribution < -0.4 is 5.32 Å². The van der Waals surface area contributed by atoms with Crippen molar-refractivity contribution in [2.75, 3.05) is 11.9 Å². The molecule has 138 valence electrons. The van der Waals surface area contributed by atoms with Crippen LogP contribution in [0.2, 0.25) is 0 Å². The number of amides is 1. The van der Waals surface area contributed by atoms with E-state index < -0.39 is 18.2 Å². The van der Waals surface area contributed by atoms with Gasteiger partial charge in [0.05, 0.1) is 12.3 Å². The van der Waals surface area contributed by atoms with Gasteiger partial charge < -0.3 is 4.74 Å². The zero-order valence-corrected chi connectivity index (χ0v) is 14.1. The molecule has 3 saturated carbocycles. The lowest BCUT2D eigenvalue weighted by Crippen LogP contribution is -2.34. The fraction of sp³-hybridized carbons (Fsp3) is 0.765. The molecule has 3 aliphatic carbocycles. The molecule has 0 radical (unpaired) electrons. The van der Waals surface area contributed by atoms with Crippen LogP contribution in [-0.2, 0) is 11.8 Å². The Morgan fingerprint density at radius 2 is 2.04 bits per heavy atom. The molecule has 0 saturated heterocycles. The lowest BCUT2D eigenvalue weighted by Gasteiger charge is -2.36. The number of aromatic nitrogens is 2. The normalized spacial score (nSPS) is 28.2. The van der Waals surface area contributed by atoms with Crippen molar-refractivity contribution >= 4 is 11.9 Å². The summed E-state index contributed by atoms with van der Waals surface area (Å²) < 4.78 is 46.0. The van der Waals surface area contributed by atoms with E-state index in [1.54, 1.807) is 7.05 Å². The smallest absolute Gasteiger partial charge is 0.412 e. The molecule has 1 N–H and O–H groups in total. The summed E-state index contributed by atoms with van der Waals surface area (Å²) in [7, 11) is 1.69. The van der Waals surface area contributed by atoms with E-state index in [0.29, 0.717) is 17.9 Å². The summed E-state index contributed by atoms with van der Waals surface area (Å²) in [5.74, 6) is -2.31. The zero-order valence-electron chi connectivity index (χ0n) is 14.1. The minimum Gasteiger partial charge on any atom is -0.449 e. The van der Waals surface area contributed by atoms with E-state index in [9.17, 15) is 18.0 Å². The molecule has 3 fully saturated rings. The van der Waals surface area contributed by atoms with Gasteiger partial charge in [0.2, 0.25) is 5.92 Å². The molecular weight excluding hydrogens is 335 g/mol. The molecule has 1 aromatic rings. The third-order valence-electron chi connectivity index (χ3n) is 5.59. The fourth-order valence-corrected chi connectivity index (χ4v) is 3.66.